The molecule has 0 aromatic heterocycles. The van der Waals surface area contributed by atoms with Gasteiger partial charge in [-0.3, -0.25) is 4.79 Å². The van der Waals surface area contributed by atoms with Gasteiger partial charge in [0.15, 0.2) is 0 Å². The van der Waals surface area contributed by atoms with E-state index in [1.165, 1.54) is 12.1 Å². The highest BCUT2D eigenvalue weighted by Gasteiger charge is 2.45. The molecule has 116 valence electrons. The third kappa shape index (κ3) is 2.95. The fourth-order valence-corrected chi connectivity index (χ4v) is 3.34. The van der Waals surface area contributed by atoms with Crippen LogP contribution < -0.4 is 10.6 Å². The van der Waals surface area contributed by atoms with Crippen LogP contribution in [0.25, 0.3) is 0 Å². The number of benzene rings is 1. The maximum absolute atomic E-state index is 13.3. The molecular weight excluding hydrogens is 267 g/mol. The zero-order valence-electron chi connectivity index (χ0n) is 13.3. The number of nitrogens with two attached hydrogens (primary N) is 1. The van der Waals surface area contributed by atoms with Crippen molar-refractivity contribution in [2.75, 3.05) is 11.9 Å². The van der Waals surface area contributed by atoms with Crippen LogP contribution >= 0.6 is 0 Å². The zero-order chi connectivity index (χ0) is 15.8. The Morgan fingerprint density at radius 3 is 2.67 bits per heavy atom. The Balaban J connectivity index is 2.23. The SMILES string of the molecule is CC1C(N)CCC(C(=O)N(C)c2cccc(F)c2)C1(C)C. The fraction of sp³-hybridized carbons (Fsp3) is 0.588. The Bertz CT molecular complexity index is 529. The van der Waals surface area contributed by atoms with E-state index in [0.717, 1.165) is 12.8 Å². The summed E-state index contributed by atoms with van der Waals surface area (Å²) in [5, 5.41) is 0. The van der Waals surface area contributed by atoms with Gasteiger partial charge in [-0.2, -0.15) is 0 Å². The monoisotopic (exact) mass is 292 g/mol. The largest absolute Gasteiger partial charge is 0.327 e. The first-order valence-corrected chi connectivity index (χ1v) is 7.54. The summed E-state index contributed by atoms with van der Waals surface area (Å²) in [5.41, 5.74) is 6.59. The normalized spacial score (nSPS) is 28.2. The quantitative estimate of drug-likeness (QED) is 0.910. The van der Waals surface area contributed by atoms with Crippen molar-refractivity contribution < 1.29 is 9.18 Å². The second kappa shape index (κ2) is 5.76. The van der Waals surface area contributed by atoms with Crippen LogP contribution in [0.3, 0.4) is 0 Å². The van der Waals surface area contributed by atoms with Crippen LogP contribution in [0.4, 0.5) is 10.1 Å². The lowest BCUT2D eigenvalue weighted by Gasteiger charge is -2.47. The van der Waals surface area contributed by atoms with Gasteiger partial charge in [-0.1, -0.05) is 26.8 Å². The number of carbonyl (C=O) groups is 1. The molecule has 1 aliphatic carbocycles. The molecule has 0 radical (unpaired) electrons. The number of halogens is 1. The van der Waals surface area contributed by atoms with Crippen LogP contribution in [-0.2, 0) is 4.79 Å². The second-order valence-corrected chi connectivity index (χ2v) is 6.78. The van der Waals surface area contributed by atoms with E-state index < -0.39 is 0 Å². The minimum absolute atomic E-state index is 0.0457. The molecule has 1 fully saturated rings. The molecule has 3 atom stereocenters. The molecule has 2 rings (SSSR count). The number of hydrogen-bond donors (Lipinski definition) is 1. The zero-order valence-corrected chi connectivity index (χ0v) is 13.3. The average Bonchev–Trinajstić information content (AvgIpc) is 2.43. The van der Waals surface area contributed by atoms with E-state index in [9.17, 15) is 9.18 Å². The molecular formula is C17H25FN2O. The van der Waals surface area contributed by atoms with Crippen LogP contribution in [0.1, 0.15) is 33.6 Å². The van der Waals surface area contributed by atoms with Gasteiger partial charge in [-0.25, -0.2) is 4.39 Å². The number of anilines is 1. The molecule has 1 aromatic carbocycles. The van der Waals surface area contributed by atoms with E-state index in [1.54, 1.807) is 24.1 Å². The Labute approximate surface area is 126 Å². The number of amides is 1. The maximum atomic E-state index is 13.3. The van der Waals surface area contributed by atoms with Crippen molar-refractivity contribution in [3.63, 3.8) is 0 Å². The lowest BCUT2D eigenvalue weighted by Crippen LogP contribution is -2.52. The highest BCUT2D eigenvalue weighted by Crippen LogP contribution is 2.45. The van der Waals surface area contributed by atoms with Crippen molar-refractivity contribution in [2.24, 2.45) is 23.0 Å². The minimum Gasteiger partial charge on any atom is -0.327 e. The summed E-state index contributed by atoms with van der Waals surface area (Å²) >= 11 is 0. The number of nitrogens with zero attached hydrogens (tertiary/aromatic N) is 1. The third-order valence-corrected chi connectivity index (χ3v) is 5.33. The van der Waals surface area contributed by atoms with E-state index in [1.807, 2.05) is 0 Å². The summed E-state index contributed by atoms with van der Waals surface area (Å²) < 4.78 is 13.3. The van der Waals surface area contributed by atoms with Crippen molar-refractivity contribution in [3.8, 4) is 0 Å². The first-order chi connectivity index (χ1) is 9.75. The van der Waals surface area contributed by atoms with E-state index in [-0.39, 0.29) is 35.0 Å². The standard InChI is InChI=1S/C17H25FN2O/c1-11-15(19)9-8-14(17(11,2)3)16(21)20(4)13-7-5-6-12(18)10-13/h5-7,10-11,14-15H,8-9,19H2,1-4H3. The van der Waals surface area contributed by atoms with E-state index in [4.69, 9.17) is 5.73 Å². The van der Waals surface area contributed by atoms with Gasteiger partial charge in [0.05, 0.1) is 0 Å². The number of rotatable bonds is 2. The molecule has 0 saturated heterocycles. The molecule has 0 spiro atoms. The summed E-state index contributed by atoms with van der Waals surface area (Å²) in [4.78, 5) is 14.4. The predicted octanol–water partition coefficient (Wildman–Crippen LogP) is 3.19. The van der Waals surface area contributed by atoms with Crippen LogP contribution in [0.2, 0.25) is 0 Å². The van der Waals surface area contributed by atoms with Crippen LogP contribution in [0, 0.1) is 23.1 Å². The Morgan fingerprint density at radius 2 is 2.05 bits per heavy atom. The van der Waals surface area contributed by atoms with Gasteiger partial charge >= 0.3 is 0 Å². The number of hydrogen-bond acceptors (Lipinski definition) is 2. The molecule has 1 aliphatic rings. The van der Waals surface area contributed by atoms with Gasteiger partial charge in [0.2, 0.25) is 5.91 Å². The minimum atomic E-state index is -0.328. The van der Waals surface area contributed by atoms with Crippen molar-refractivity contribution in [1.29, 1.82) is 0 Å². The van der Waals surface area contributed by atoms with Crippen molar-refractivity contribution >= 4 is 11.6 Å². The van der Waals surface area contributed by atoms with Crippen molar-refractivity contribution in [2.45, 2.75) is 39.7 Å². The molecule has 1 saturated carbocycles. The maximum Gasteiger partial charge on any atom is 0.230 e. The molecule has 0 heterocycles. The summed E-state index contributed by atoms with van der Waals surface area (Å²) in [5.74, 6) is -0.0866. The highest BCUT2D eigenvalue weighted by atomic mass is 19.1. The molecule has 1 amide bonds. The van der Waals surface area contributed by atoms with Crippen molar-refractivity contribution in [1.82, 2.24) is 0 Å². The average molecular weight is 292 g/mol. The molecule has 1 aromatic rings. The Morgan fingerprint density at radius 1 is 1.38 bits per heavy atom. The molecule has 3 nitrogen and oxygen atoms in total. The topological polar surface area (TPSA) is 46.3 Å². The molecule has 2 N–H and O–H groups in total. The van der Waals surface area contributed by atoms with Crippen LogP contribution in [-0.4, -0.2) is 19.0 Å². The second-order valence-electron chi connectivity index (χ2n) is 6.78. The summed E-state index contributed by atoms with van der Waals surface area (Å²) in [6.45, 7) is 6.34. The Hall–Kier alpha value is -1.42. The smallest absolute Gasteiger partial charge is 0.230 e. The third-order valence-electron chi connectivity index (χ3n) is 5.33. The van der Waals surface area contributed by atoms with Gasteiger partial charge in [0, 0.05) is 24.7 Å². The van der Waals surface area contributed by atoms with Gasteiger partial charge in [0.25, 0.3) is 0 Å². The Kier molecular flexibility index (Phi) is 4.38. The lowest BCUT2D eigenvalue weighted by molar-refractivity contribution is -0.129. The summed E-state index contributed by atoms with van der Waals surface area (Å²) in [7, 11) is 1.71. The molecule has 21 heavy (non-hydrogen) atoms. The molecule has 0 bridgehead atoms. The molecule has 0 aliphatic heterocycles. The first kappa shape index (κ1) is 16.0. The van der Waals surface area contributed by atoms with E-state index in [0.29, 0.717) is 5.69 Å². The van der Waals surface area contributed by atoms with Gasteiger partial charge in [-0.05, 0) is 42.4 Å². The van der Waals surface area contributed by atoms with Crippen LogP contribution in [0.15, 0.2) is 24.3 Å². The molecule has 4 heteroatoms. The van der Waals surface area contributed by atoms with E-state index >= 15 is 0 Å². The van der Waals surface area contributed by atoms with Gasteiger partial charge < -0.3 is 10.6 Å². The van der Waals surface area contributed by atoms with Gasteiger partial charge in [-0.15, -0.1) is 0 Å². The molecule has 3 unspecified atom stereocenters. The van der Waals surface area contributed by atoms with E-state index in [2.05, 4.69) is 20.8 Å². The van der Waals surface area contributed by atoms with Crippen LogP contribution in [0.5, 0.6) is 0 Å². The summed E-state index contributed by atoms with van der Waals surface area (Å²) in [6.07, 6.45) is 1.65. The first-order valence-electron chi connectivity index (χ1n) is 7.54. The predicted molar refractivity (Wildman–Crippen MR) is 83.5 cm³/mol. The fourth-order valence-electron chi connectivity index (χ4n) is 3.34. The lowest BCUT2D eigenvalue weighted by atomic mass is 9.60. The van der Waals surface area contributed by atoms with Crippen molar-refractivity contribution in [3.05, 3.63) is 30.1 Å². The number of carbonyl (C=O) groups excluding carboxylic acids is 1. The highest BCUT2D eigenvalue weighted by molar-refractivity contribution is 5.95. The summed E-state index contributed by atoms with van der Waals surface area (Å²) in [6, 6.07) is 6.30. The van der Waals surface area contributed by atoms with Gasteiger partial charge in [0.1, 0.15) is 5.82 Å².